The van der Waals surface area contributed by atoms with E-state index in [4.69, 9.17) is 12.2 Å². The predicted molar refractivity (Wildman–Crippen MR) is 110 cm³/mol. The Labute approximate surface area is 155 Å². The smallest absolute Gasteiger partial charge is 0.315 e. The molecule has 0 aromatic heterocycles. The van der Waals surface area contributed by atoms with E-state index in [-0.39, 0.29) is 28.2 Å². The standard InChI is InChI=1S/C9H20N2O.C9H20N2S/c2*1-8(2,3)10-7(12)11-9(4,5)6/h2*1-6H3,(H2,10,11,12). The second-order valence-electron chi connectivity index (χ2n) is 10.2. The summed E-state index contributed by atoms with van der Waals surface area (Å²) in [5, 5.41) is 12.8. The minimum atomic E-state index is -0.171. The lowest BCUT2D eigenvalue weighted by atomic mass is 10.1. The molecule has 0 unspecified atom stereocenters. The van der Waals surface area contributed by atoms with Crippen molar-refractivity contribution in [2.45, 2.75) is 105 Å². The highest BCUT2D eigenvalue weighted by Crippen LogP contribution is 2.02. The van der Waals surface area contributed by atoms with Crippen molar-refractivity contribution in [3.63, 3.8) is 0 Å². The van der Waals surface area contributed by atoms with Crippen LogP contribution in [0.1, 0.15) is 83.1 Å². The van der Waals surface area contributed by atoms with Crippen molar-refractivity contribution in [3.05, 3.63) is 0 Å². The zero-order valence-electron chi connectivity index (χ0n) is 17.8. The van der Waals surface area contributed by atoms with Crippen LogP contribution in [0.3, 0.4) is 0 Å². The molecular formula is C18H40N4OS. The summed E-state index contributed by atoms with van der Waals surface area (Å²) in [7, 11) is 0. The van der Waals surface area contributed by atoms with Gasteiger partial charge in [-0.05, 0) is 95.3 Å². The van der Waals surface area contributed by atoms with Gasteiger partial charge in [-0.25, -0.2) is 4.79 Å². The molecule has 144 valence electrons. The largest absolute Gasteiger partial charge is 0.358 e. The summed E-state index contributed by atoms with van der Waals surface area (Å²) in [6, 6.07) is -0.116. The van der Waals surface area contributed by atoms with Crippen LogP contribution in [-0.4, -0.2) is 33.3 Å². The molecule has 6 heteroatoms. The number of carbonyl (C=O) groups is 1. The second-order valence-corrected chi connectivity index (χ2v) is 10.6. The van der Waals surface area contributed by atoms with Crippen molar-refractivity contribution in [3.8, 4) is 0 Å². The van der Waals surface area contributed by atoms with Crippen molar-refractivity contribution >= 4 is 23.4 Å². The lowest BCUT2D eigenvalue weighted by molar-refractivity contribution is 0.223. The number of amides is 2. The van der Waals surface area contributed by atoms with Crippen LogP contribution in [0.5, 0.6) is 0 Å². The number of hydrogen-bond donors (Lipinski definition) is 4. The molecule has 2 amide bonds. The van der Waals surface area contributed by atoms with Crippen LogP contribution in [0.15, 0.2) is 0 Å². The first-order chi connectivity index (χ1) is 10.2. The van der Waals surface area contributed by atoms with E-state index in [9.17, 15) is 4.79 Å². The molecule has 0 aliphatic rings. The molecular weight excluding hydrogens is 320 g/mol. The van der Waals surface area contributed by atoms with Crippen LogP contribution in [0.25, 0.3) is 0 Å². The van der Waals surface area contributed by atoms with Gasteiger partial charge in [0.15, 0.2) is 5.11 Å². The molecule has 0 aliphatic carbocycles. The van der Waals surface area contributed by atoms with E-state index in [1.165, 1.54) is 0 Å². The summed E-state index contributed by atoms with van der Waals surface area (Å²) in [4.78, 5) is 11.3. The maximum absolute atomic E-state index is 11.3. The zero-order chi connectivity index (χ0) is 20.0. The van der Waals surface area contributed by atoms with Crippen molar-refractivity contribution in [1.29, 1.82) is 0 Å². The second kappa shape index (κ2) is 8.88. The fourth-order valence-electron chi connectivity index (χ4n) is 1.42. The molecule has 0 atom stereocenters. The number of thiocarbonyl (C=S) groups is 1. The summed E-state index contributed by atoms with van der Waals surface area (Å²) in [6.45, 7) is 24.2. The summed E-state index contributed by atoms with van der Waals surface area (Å²) >= 11 is 5.13. The van der Waals surface area contributed by atoms with Crippen LogP contribution in [-0.2, 0) is 0 Å². The van der Waals surface area contributed by atoms with E-state index in [1.807, 2.05) is 41.5 Å². The average molecular weight is 361 g/mol. The fraction of sp³-hybridized carbons (Fsp3) is 0.889. The van der Waals surface area contributed by atoms with E-state index >= 15 is 0 Å². The Morgan fingerprint density at radius 1 is 0.542 bits per heavy atom. The van der Waals surface area contributed by atoms with Crippen LogP contribution in [0.2, 0.25) is 0 Å². The first kappa shape index (κ1) is 25.2. The zero-order valence-corrected chi connectivity index (χ0v) is 18.6. The van der Waals surface area contributed by atoms with E-state index in [0.717, 1.165) is 5.11 Å². The van der Waals surface area contributed by atoms with Gasteiger partial charge in [0.2, 0.25) is 0 Å². The predicted octanol–water partition coefficient (Wildman–Crippen LogP) is 3.93. The van der Waals surface area contributed by atoms with Crippen LogP contribution >= 0.6 is 12.2 Å². The third-order valence-electron chi connectivity index (χ3n) is 1.95. The van der Waals surface area contributed by atoms with Gasteiger partial charge < -0.3 is 21.3 Å². The van der Waals surface area contributed by atoms with E-state index in [2.05, 4.69) is 62.8 Å². The third kappa shape index (κ3) is 23.2. The van der Waals surface area contributed by atoms with Crippen molar-refractivity contribution in [1.82, 2.24) is 21.3 Å². The Bertz CT molecular complexity index is 331. The Kier molecular flexibility index (Phi) is 9.33. The molecule has 5 nitrogen and oxygen atoms in total. The highest BCUT2D eigenvalue weighted by atomic mass is 32.1. The molecule has 0 spiro atoms. The van der Waals surface area contributed by atoms with Gasteiger partial charge in [-0.1, -0.05) is 0 Å². The molecule has 4 N–H and O–H groups in total. The Morgan fingerprint density at radius 2 is 0.750 bits per heavy atom. The molecule has 0 saturated heterocycles. The highest BCUT2D eigenvalue weighted by Gasteiger charge is 2.18. The number of rotatable bonds is 0. The fourth-order valence-corrected chi connectivity index (χ4v) is 2.04. The molecule has 0 aromatic rings. The first-order valence-electron chi connectivity index (χ1n) is 8.41. The van der Waals surface area contributed by atoms with Crippen molar-refractivity contribution in [2.24, 2.45) is 0 Å². The molecule has 0 rings (SSSR count). The van der Waals surface area contributed by atoms with Crippen LogP contribution in [0.4, 0.5) is 4.79 Å². The maximum Gasteiger partial charge on any atom is 0.315 e. The van der Waals surface area contributed by atoms with Crippen molar-refractivity contribution in [2.75, 3.05) is 0 Å². The van der Waals surface area contributed by atoms with Gasteiger partial charge in [0, 0.05) is 22.2 Å². The molecule has 0 fully saturated rings. The van der Waals surface area contributed by atoms with E-state index in [1.54, 1.807) is 0 Å². The molecule has 0 saturated carbocycles. The minimum absolute atomic E-state index is 0.0370. The lowest BCUT2D eigenvalue weighted by Gasteiger charge is -2.28. The number of hydrogen-bond acceptors (Lipinski definition) is 2. The summed E-state index contributed by atoms with van der Waals surface area (Å²) in [5.41, 5.74) is -0.269. The van der Waals surface area contributed by atoms with Gasteiger partial charge in [0.25, 0.3) is 0 Å². The van der Waals surface area contributed by atoms with Gasteiger partial charge in [0.1, 0.15) is 0 Å². The minimum Gasteiger partial charge on any atom is -0.358 e. The van der Waals surface area contributed by atoms with E-state index in [0.29, 0.717) is 0 Å². The number of urea groups is 1. The third-order valence-corrected chi connectivity index (χ3v) is 2.16. The molecule has 24 heavy (non-hydrogen) atoms. The van der Waals surface area contributed by atoms with Gasteiger partial charge in [-0.2, -0.15) is 0 Å². The first-order valence-corrected chi connectivity index (χ1v) is 8.82. The number of carbonyl (C=O) groups excluding carboxylic acids is 1. The average Bonchev–Trinajstić information content (AvgIpc) is 2.02. The highest BCUT2D eigenvalue weighted by molar-refractivity contribution is 7.80. The summed E-state index contributed by atoms with van der Waals surface area (Å²) in [6.07, 6.45) is 0. The molecule has 0 radical (unpaired) electrons. The van der Waals surface area contributed by atoms with Crippen LogP contribution < -0.4 is 21.3 Å². The molecule has 0 heterocycles. The van der Waals surface area contributed by atoms with Crippen molar-refractivity contribution < 1.29 is 4.79 Å². The van der Waals surface area contributed by atoms with Crippen LogP contribution in [0, 0.1) is 0 Å². The van der Waals surface area contributed by atoms with E-state index < -0.39 is 0 Å². The Hall–Kier alpha value is -1.04. The summed E-state index contributed by atoms with van der Waals surface area (Å²) in [5.74, 6) is 0. The quantitative estimate of drug-likeness (QED) is 0.494. The number of nitrogens with one attached hydrogen (secondary N) is 4. The molecule has 0 aromatic carbocycles. The van der Waals surface area contributed by atoms with Gasteiger partial charge in [-0.15, -0.1) is 0 Å². The Morgan fingerprint density at radius 3 is 0.917 bits per heavy atom. The normalized spacial score (nSPS) is 12.5. The molecule has 0 aliphatic heterocycles. The Balaban J connectivity index is 0. The maximum atomic E-state index is 11.3. The molecule has 0 bridgehead atoms. The monoisotopic (exact) mass is 360 g/mol. The topological polar surface area (TPSA) is 65.2 Å². The van der Waals surface area contributed by atoms with Gasteiger partial charge >= 0.3 is 6.03 Å². The van der Waals surface area contributed by atoms with Gasteiger partial charge in [0.05, 0.1) is 0 Å². The SMILES string of the molecule is CC(C)(C)NC(=O)NC(C)(C)C.CC(C)(C)NC(=S)NC(C)(C)C. The summed E-state index contributed by atoms with van der Waals surface area (Å²) < 4.78 is 0. The lowest BCUT2D eigenvalue weighted by Crippen LogP contribution is -2.52. The van der Waals surface area contributed by atoms with Gasteiger partial charge in [-0.3, -0.25) is 0 Å².